The number of carbonyl (C=O) groups excluding carboxylic acids is 2. The van der Waals surface area contributed by atoms with Crippen LogP contribution in [0.15, 0.2) is 150 Å². The van der Waals surface area contributed by atoms with Gasteiger partial charge >= 0.3 is 11.9 Å². The molecule has 0 bridgehead atoms. The molecule has 242 valence electrons. The van der Waals surface area contributed by atoms with Crippen molar-refractivity contribution >= 4 is 21.8 Å². The van der Waals surface area contributed by atoms with Crippen LogP contribution in [0.2, 0.25) is 0 Å². The van der Waals surface area contributed by atoms with E-state index in [1.54, 1.807) is 84.9 Å². The van der Waals surface area contributed by atoms with Crippen molar-refractivity contribution in [3.63, 3.8) is 0 Å². The lowest BCUT2D eigenvalue weighted by atomic mass is 10.00. The fourth-order valence-corrected chi connectivity index (χ4v) is 6.59. The second-order valence-electron chi connectivity index (χ2n) is 11.0. The summed E-state index contributed by atoms with van der Waals surface area (Å²) >= 11 is 0. The first-order valence-electron chi connectivity index (χ1n) is 15.3. The van der Waals surface area contributed by atoms with Gasteiger partial charge in [0.1, 0.15) is 18.8 Å². The Labute approximate surface area is 275 Å². The van der Waals surface area contributed by atoms with E-state index in [-0.39, 0.29) is 24.5 Å². The number of hydrogen-bond donors (Lipinski definition) is 0. The normalized spacial score (nSPS) is 19.1. The largest absolute Gasteiger partial charge is 0.458 e. The highest BCUT2D eigenvalue weighted by Crippen LogP contribution is 2.36. The molecular weight excluding hydrogens is 616 g/mol. The first-order chi connectivity index (χ1) is 22.8. The number of ether oxygens (including phenoxy) is 4. The van der Waals surface area contributed by atoms with Gasteiger partial charge in [0.2, 0.25) is 0 Å². The van der Waals surface area contributed by atoms with Gasteiger partial charge in [0.05, 0.1) is 34.8 Å². The molecular formula is C38H36O8S. The Morgan fingerprint density at radius 3 is 1.94 bits per heavy atom. The van der Waals surface area contributed by atoms with E-state index in [9.17, 15) is 18.0 Å². The van der Waals surface area contributed by atoms with Gasteiger partial charge in [-0.25, -0.2) is 18.0 Å². The molecule has 0 aliphatic carbocycles. The van der Waals surface area contributed by atoms with Crippen molar-refractivity contribution in [2.24, 2.45) is 0 Å². The minimum Gasteiger partial charge on any atom is -0.458 e. The van der Waals surface area contributed by atoms with Crippen LogP contribution in [0.5, 0.6) is 0 Å². The number of esters is 2. The molecule has 1 aliphatic heterocycles. The third-order valence-corrected chi connectivity index (χ3v) is 9.09. The highest BCUT2D eigenvalue weighted by molar-refractivity contribution is 7.94. The fourth-order valence-electron chi connectivity index (χ4n) is 5.27. The van der Waals surface area contributed by atoms with E-state index in [1.165, 1.54) is 17.5 Å². The molecule has 1 saturated heterocycles. The third kappa shape index (κ3) is 9.13. The Hall–Kier alpha value is -4.83. The average molecular weight is 653 g/mol. The van der Waals surface area contributed by atoms with Crippen molar-refractivity contribution in [3.05, 3.63) is 162 Å². The SMILES string of the molecule is C=CC[C@@H]1O[C@H](C[C@@H](COC(=O)c2ccccc2)OC(=O)c2ccccc2)[C@H](OCc2ccccc2)/C1=C\S(=O)(=O)c1ccccc1. The molecule has 9 heteroatoms. The standard InChI is InChI=1S/C38H36O8S/c1-2-15-34-33(27-47(41,42)32-22-13-6-14-23-32)36(43-25-28-16-7-3-8-17-28)35(46-34)24-31(45-38(40)30-20-11-5-12-21-30)26-44-37(39)29-18-9-4-10-19-29/h2-14,16-23,27,31,34-36H,1,15,24-26H2/b33-27-/t31-,34-,35+,36+/m0/s1. The number of sulfone groups is 1. The van der Waals surface area contributed by atoms with Crippen molar-refractivity contribution in [1.82, 2.24) is 0 Å². The predicted octanol–water partition coefficient (Wildman–Crippen LogP) is 6.75. The summed E-state index contributed by atoms with van der Waals surface area (Å²) in [5, 5.41) is 1.21. The third-order valence-electron chi connectivity index (χ3n) is 7.58. The Morgan fingerprint density at radius 2 is 1.34 bits per heavy atom. The maximum Gasteiger partial charge on any atom is 0.338 e. The Morgan fingerprint density at radius 1 is 0.787 bits per heavy atom. The summed E-state index contributed by atoms with van der Waals surface area (Å²) in [4.78, 5) is 26.2. The quantitative estimate of drug-likeness (QED) is 0.109. The molecule has 4 aromatic rings. The van der Waals surface area contributed by atoms with Crippen LogP contribution in [0.25, 0.3) is 0 Å². The molecule has 8 nitrogen and oxygen atoms in total. The first kappa shape index (κ1) is 33.5. The molecule has 5 rings (SSSR count). The van der Waals surface area contributed by atoms with E-state index in [1.807, 2.05) is 30.3 Å². The molecule has 4 aromatic carbocycles. The van der Waals surface area contributed by atoms with Crippen LogP contribution in [-0.2, 0) is 35.4 Å². The first-order valence-corrected chi connectivity index (χ1v) is 16.8. The van der Waals surface area contributed by atoms with Gasteiger partial charge in [-0.2, -0.15) is 0 Å². The molecule has 47 heavy (non-hydrogen) atoms. The lowest BCUT2D eigenvalue weighted by Gasteiger charge is -2.25. The molecule has 0 spiro atoms. The van der Waals surface area contributed by atoms with Crippen LogP contribution in [0, 0.1) is 0 Å². The summed E-state index contributed by atoms with van der Waals surface area (Å²) in [6.45, 7) is 3.76. The summed E-state index contributed by atoms with van der Waals surface area (Å²) in [6, 6.07) is 34.6. The van der Waals surface area contributed by atoms with E-state index in [4.69, 9.17) is 18.9 Å². The van der Waals surface area contributed by atoms with Gasteiger partial charge in [-0.3, -0.25) is 0 Å². The van der Waals surface area contributed by atoms with Gasteiger partial charge in [-0.1, -0.05) is 91.0 Å². The summed E-state index contributed by atoms with van der Waals surface area (Å²) in [5.74, 6) is -1.18. The second-order valence-corrected chi connectivity index (χ2v) is 12.8. The number of rotatable bonds is 14. The topological polar surface area (TPSA) is 105 Å². The van der Waals surface area contributed by atoms with Gasteiger partial charge in [-0.05, 0) is 48.4 Å². The molecule has 4 atom stereocenters. The summed E-state index contributed by atoms with van der Waals surface area (Å²) in [5.41, 5.74) is 1.98. The maximum absolute atomic E-state index is 13.6. The highest BCUT2D eigenvalue weighted by Gasteiger charge is 2.43. The lowest BCUT2D eigenvalue weighted by molar-refractivity contribution is -0.0619. The monoisotopic (exact) mass is 652 g/mol. The fraction of sp³-hybridized carbons (Fsp3) is 0.211. The number of benzene rings is 4. The van der Waals surface area contributed by atoms with E-state index in [0.29, 0.717) is 23.1 Å². The van der Waals surface area contributed by atoms with Crippen LogP contribution in [0.3, 0.4) is 0 Å². The molecule has 0 amide bonds. The van der Waals surface area contributed by atoms with E-state index >= 15 is 0 Å². The zero-order valence-corrected chi connectivity index (χ0v) is 26.5. The molecule has 0 radical (unpaired) electrons. The van der Waals surface area contributed by atoms with E-state index < -0.39 is 46.2 Å². The molecule has 0 N–H and O–H groups in total. The van der Waals surface area contributed by atoms with Crippen LogP contribution in [0.4, 0.5) is 0 Å². The van der Waals surface area contributed by atoms with Crippen molar-refractivity contribution in [2.75, 3.05) is 6.61 Å². The van der Waals surface area contributed by atoms with Crippen LogP contribution < -0.4 is 0 Å². The summed E-state index contributed by atoms with van der Waals surface area (Å²) in [7, 11) is -3.88. The van der Waals surface area contributed by atoms with Crippen LogP contribution >= 0.6 is 0 Å². The van der Waals surface area contributed by atoms with Crippen LogP contribution in [0.1, 0.15) is 39.1 Å². The zero-order valence-electron chi connectivity index (χ0n) is 25.7. The Balaban J connectivity index is 1.46. The van der Waals surface area contributed by atoms with Gasteiger partial charge in [0.25, 0.3) is 0 Å². The van der Waals surface area contributed by atoms with Gasteiger partial charge in [0.15, 0.2) is 9.84 Å². The molecule has 0 saturated carbocycles. The summed E-state index contributed by atoms with van der Waals surface area (Å²) < 4.78 is 51.5. The molecule has 1 heterocycles. The van der Waals surface area contributed by atoms with Gasteiger partial charge < -0.3 is 18.9 Å². The Kier molecular flexibility index (Phi) is 11.5. The van der Waals surface area contributed by atoms with Crippen molar-refractivity contribution in [1.29, 1.82) is 0 Å². The van der Waals surface area contributed by atoms with Crippen molar-refractivity contribution in [2.45, 2.75) is 48.8 Å². The molecule has 1 fully saturated rings. The maximum atomic E-state index is 13.6. The molecule has 1 aliphatic rings. The van der Waals surface area contributed by atoms with Gasteiger partial charge in [0, 0.05) is 17.4 Å². The predicted molar refractivity (Wildman–Crippen MR) is 177 cm³/mol. The minimum atomic E-state index is -3.88. The van der Waals surface area contributed by atoms with Crippen molar-refractivity contribution in [3.8, 4) is 0 Å². The van der Waals surface area contributed by atoms with E-state index in [0.717, 1.165) is 5.56 Å². The highest BCUT2D eigenvalue weighted by atomic mass is 32.2. The van der Waals surface area contributed by atoms with Crippen molar-refractivity contribution < 1.29 is 37.0 Å². The second kappa shape index (κ2) is 16.1. The Bertz CT molecular complexity index is 1760. The lowest BCUT2D eigenvalue weighted by Crippen LogP contribution is -2.34. The minimum absolute atomic E-state index is 0.0521. The van der Waals surface area contributed by atoms with Crippen LogP contribution in [-0.4, -0.2) is 51.4 Å². The van der Waals surface area contributed by atoms with Gasteiger partial charge in [-0.15, -0.1) is 6.58 Å². The number of carbonyl (C=O) groups is 2. The zero-order chi connectivity index (χ0) is 33.1. The summed E-state index contributed by atoms with van der Waals surface area (Å²) in [6.07, 6.45) is -1.19. The average Bonchev–Trinajstić information content (AvgIpc) is 3.41. The molecule has 0 aromatic heterocycles. The van der Waals surface area contributed by atoms with E-state index in [2.05, 4.69) is 6.58 Å². The number of hydrogen-bond acceptors (Lipinski definition) is 8. The smallest absolute Gasteiger partial charge is 0.338 e. The molecule has 0 unspecified atom stereocenters.